The highest BCUT2D eigenvalue weighted by Crippen LogP contribution is 2.29. The Bertz CT molecular complexity index is 628. The van der Waals surface area contributed by atoms with Gasteiger partial charge in [-0.05, 0) is 38.1 Å². The summed E-state index contributed by atoms with van der Waals surface area (Å²) in [5.74, 6) is -0.875. The first-order chi connectivity index (χ1) is 10.1. The summed E-state index contributed by atoms with van der Waals surface area (Å²) in [6, 6.07) is 9.93. The average Bonchev–Trinajstić information content (AvgIpc) is 2.49. The molecule has 0 saturated carbocycles. The minimum Gasteiger partial charge on any atom is -0.496 e. The molecule has 0 heterocycles. The molecule has 0 aliphatic rings. The van der Waals surface area contributed by atoms with Gasteiger partial charge in [0.2, 0.25) is 0 Å². The van der Waals surface area contributed by atoms with Gasteiger partial charge < -0.3 is 10.1 Å². The van der Waals surface area contributed by atoms with Crippen LogP contribution in [0.3, 0.4) is 0 Å². The van der Waals surface area contributed by atoms with Gasteiger partial charge >= 0.3 is 0 Å². The topological polar surface area (TPSA) is 21.3 Å². The van der Waals surface area contributed by atoms with Gasteiger partial charge in [-0.3, -0.25) is 0 Å². The fourth-order valence-electron chi connectivity index (χ4n) is 2.42. The van der Waals surface area contributed by atoms with Crippen molar-refractivity contribution in [3.05, 3.63) is 64.7 Å². The van der Waals surface area contributed by atoms with Crippen molar-refractivity contribution in [2.75, 3.05) is 14.2 Å². The number of hydrogen-bond donors (Lipinski definition) is 1. The summed E-state index contributed by atoms with van der Waals surface area (Å²) in [5, 5.41) is 3.15. The number of halogens is 2. The molecule has 0 amide bonds. The molecule has 2 rings (SSSR count). The molecule has 2 nitrogen and oxygen atoms in total. The van der Waals surface area contributed by atoms with Crippen LogP contribution < -0.4 is 10.1 Å². The highest BCUT2D eigenvalue weighted by Gasteiger charge is 2.18. The van der Waals surface area contributed by atoms with Gasteiger partial charge in [-0.25, -0.2) is 8.78 Å². The minimum absolute atomic E-state index is 0.156. The molecule has 4 heteroatoms. The van der Waals surface area contributed by atoms with E-state index in [2.05, 4.69) is 5.32 Å². The van der Waals surface area contributed by atoms with Crippen LogP contribution in [-0.2, 0) is 6.42 Å². The first kappa shape index (κ1) is 15.4. The van der Waals surface area contributed by atoms with E-state index in [1.807, 2.05) is 25.1 Å². The van der Waals surface area contributed by atoms with Crippen LogP contribution in [0, 0.1) is 18.6 Å². The zero-order valence-electron chi connectivity index (χ0n) is 12.4. The molecule has 2 aromatic carbocycles. The van der Waals surface area contributed by atoms with E-state index in [-0.39, 0.29) is 6.04 Å². The summed E-state index contributed by atoms with van der Waals surface area (Å²) < 4.78 is 32.5. The lowest BCUT2D eigenvalue weighted by atomic mass is 9.96. The van der Waals surface area contributed by atoms with Crippen LogP contribution >= 0.6 is 0 Å². The lowest BCUT2D eigenvalue weighted by Gasteiger charge is -2.20. The Morgan fingerprint density at radius 1 is 1.19 bits per heavy atom. The smallest absolute Gasteiger partial charge is 0.162 e. The first-order valence-corrected chi connectivity index (χ1v) is 6.81. The molecule has 21 heavy (non-hydrogen) atoms. The zero-order valence-corrected chi connectivity index (χ0v) is 12.4. The van der Waals surface area contributed by atoms with Gasteiger partial charge in [-0.2, -0.15) is 0 Å². The van der Waals surface area contributed by atoms with Crippen molar-refractivity contribution in [1.82, 2.24) is 5.32 Å². The number of ether oxygens (including phenoxy) is 1. The third-order valence-corrected chi connectivity index (χ3v) is 3.56. The van der Waals surface area contributed by atoms with E-state index in [1.165, 1.54) is 6.07 Å². The summed E-state index contributed by atoms with van der Waals surface area (Å²) in [4.78, 5) is 0. The van der Waals surface area contributed by atoms with Gasteiger partial charge in [0.15, 0.2) is 11.6 Å². The van der Waals surface area contributed by atoms with Crippen molar-refractivity contribution in [3.63, 3.8) is 0 Å². The second kappa shape index (κ2) is 6.68. The predicted molar refractivity (Wildman–Crippen MR) is 79.6 cm³/mol. The molecular weight excluding hydrogens is 272 g/mol. The van der Waals surface area contributed by atoms with Crippen LogP contribution in [0.15, 0.2) is 36.4 Å². The summed E-state index contributed by atoms with van der Waals surface area (Å²) in [5.41, 5.74) is 2.37. The molecule has 0 bridgehead atoms. The summed E-state index contributed by atoms with van der Waals surface area (Å²) in [7, 11) is 3.40. The average molecular weight is 291 g/mol. The Morgan fingerprint density at radius 3 is 2.62 bits per heavy atom. The molecule has 2 aromatic rings. The molecular formula is C17H19F2NO. The number of aryl methyl sites for hydroxylation is 1. The molecule has 0 spiro atoms. The summed E-state index contributed by atoms with van der Waals surface area (Å²) in [6.07, 6.45) is 0.347. The van der Waals surface area contributed by atoms with Crippen molar-refractivity contribution in [3.8, 4) is 5.75 Å². The summed E-state index contributed by atoms with van der Waals surface area (Å²) in [6.45, 7) is 1.98. The van der Waals surface area contributed by atoms with Crippen LogP contribution in [0.4, 0.5) is 8.78 Å². The third kappa shape index (κ3) is 3.39. The molecule has 0 radical (unpaired) electrons. The van der Waals surface area contributed by atoms with E-state index in [4.69, 9.17) is 4.74 Å². The maximum Gasteiger partial charge on any atom is 0.162 e. The first-order valence-electron chi connectivity index (χ1n) is 6.81. The molecule has 1 atom stereocenters. The Kier molecular flexibility index (Phi) is 4.91. The molecule has 112 valence electrons. The molecule has 0 aliphatic heterocycles. The highest BCUT2D eigenvalue weighted by molar-refractivity contribution is 5.40. The van der Waals surface area contributed by atoms with Crippen LogP contribution in [0.1, 0.15) is 22.7 Å². The number of nitrogens with one attached hydrogen (secondary N) is 1. The zero-order chi connectivity index (χ0) is 15.4. The lowest BCUT2D eigenvalue weighted by Crippen LogP contribution is -2.20. The molecule has 0 saturated heterocycles. The molecule has 0 fully saturated rings. The van der Waals surface area contributed by atoms with E-state index in [1.54, 1.807) is 20.2 Å². The van der Waals surface area contributed by atoms with E-state index in [9.17, 15) is 8.78 Å². The Balaban J connectivity index is 2.36. The second-order valence-corrected chi connectivity index (χ2v) is 5.00. The van der Waals surface area contributed by atoms with Crippen molar-refractivity contribution in [2.24, 2.45) is 0 Å². The maximum absolute atomic E-state index is 13.8. The van der Waals surface area contributed by atoms with Gasteiger partial charge in [0.25, 0.3) is 0 Å². The standard InChI is InChI=1S/C17H19F2NO/c1-11-7-8-16(21-3)13(9-11)15(20-2)10-12-5-4-6-14(18)17(12)19/h4-9,15,20H,10H2,1-3H3. The van der Waals surface area contributed by atoms with Gasteiger partial charge in [-0.15, -0.1) is 0 Å². The SMILES string of the molecule is CNC(Cc1cccc(F)c1F)c1cc(C)ccc1OC. The largest absolute Gasteiger partial charge is 0.496 e. The highest BCUT2D eigenvalue weighted by atomic mass is 19.2. The number of likely N-dealkylation sites (N-methyl/N-ethyl adjacent to an activating group) is 1. The van der Waals surface area contributed by atoms with Gasteiger partial charge in [-0.1, -0.05) is 29.8 Å². The quantitative estimate of drug-likeness (QED) is 0.905. The van der Waals surface area contributed by atoms with E-state index in [0.717, 1.165) is 22.9 Å². The monoisotopic (exact) mass is 291 g/mol. The van der Waals surface area contributed by atoms with E-state index >= 15 is 0 Å². The lowest BCUT2D eigenvalue weighted by molar-refractivity contribution is 0.400. The Morgan fingerprint density at radius 2 is 1.95 bits per heavy atom. The van der Waals surface area contributed by atoms with Gasteiger partial charge in [0, 0.05) is 11.6 Å². The predicted octanol–water partition coefficient (Wildman–Crippen LogP) is 3.79. The van der Waals surface area contributed by atoms with Crippen molar-refractivity contribution in [2.45, 2.75) is 19.4 Å². The Hall–Kier alpha value is -1.94. The normalized spacial score (nSPS) is 12.2. The van der Waals surface area contributed by atoms with Crippen LogP contribution in [0.2, 0.25) is 0 Å². The van der Waals surface area contributed by atoms with E-state index in [0.29, 0.717) is 12.0 Å². The molecule has 0 aromatic heterocycles. The van der Waals surface area contributed by atoms with Gasteiger partial charge in [0.1, 0.15) is 5.75 Å². The number of rotatable bonds is 5. The maximum atomic E-state index is 13.8. The molecule has 1 unspecified atom stereocenters. The number of methoxy groups -OCH3 is 1. The van der Waals surface area contributed by atoms with Crippen molar-refractivity contribution in [1.29, 1.82) is 0 Å². The van der Waals surface area contributed by atoms with Gasteiger partial charge in [0.05, 0.1) is 7.11 Å². The van der Waals surface area contributed by atoms with Crippen molar-refractivity contribution < 1.29 is 13.5 Å². The fourth-order valence-corrected chi connectivity index (χ4v) is 2.42. The third-order valence-electron chi connectivity index (χ3n) is 3.56. The van der Waals surface area contributed by atoms with Crippen molar-refractivity contribution >= 4 is 0 Å². The van der Waals surface area contributed by atoms with Crippen LogP contribution in [-0.4, -0.2) is 14.2 Å². The fraction of sp³-hybridized carbons (Fsp3) is 0.294. The molecule has 0 aliphatic carbocycles. The van der Waals surface area contributed by atoms with Crippen LogP contribution in [0.5, 0.6) is 5.75 Å². The minimum atomic E-state index is -0.821. The van der Waals surface area contributed by atoms with E-state index < -0.39 is 11.6 Å². The second-order valence-electron chi connectivity index (χ2n) is 5.00. The number of hydrogen-bond acceptors (Lipinski definition) is 2. The molecule has 1 N–H and O–H groups in total. The Labute approximate surface area is 123 Å². The number of benzene rings is 2. The summed E-state index contributed by atoms with van der Waals surface area (Å²) >= 11 is 0. The van der Waals surface area contributed by atoms with Crippen LogP contribution in [0.25, 0.3) is 0 Å².